The van der Waals surface area contributed by atoms with E-state index in [4.69, 9.17) is 4.52 Å². The van der Waals surface area contributed by atoms with Crippen molar-refractivity contribution in [3.63, 3.8) is 0 Å². The zero-order valence-corrected chi connectivity index (χ0v) is 22.2. The number of nitrogens with one attached hydrogen (secondary N) is 1. The van der Waals surface area contributed by atoms with Gasteiger partial charge in [0.25, 0.3) is 0 Å². The Balaban J connectivity index is 1.26. The number of anilines is 1. The van der Waals surface area contributed by atoms with E-state index in [-0.39, 0.29) is 35.6 Å². The van der Waals surface area contributed by atoms with Gasteiger partial charge in [0.05, 0.1) is 0 Å². The average Bonchev–Trinajstić information content (AvgIpc) is 3.29. The van der Waals surface area contributed by atoms with E-state index < -0.39 is 10.0 Å². The van der Waals surface area contributed by atoms with Gasteiger partial charge < -0.3 is 9.84 Å². The third kappa shape index (κ3) is 5.40. The molecule has 1 aliphatic carbocycles. The van der Waals surface area contributed by atoms with Gasteiger partial charge in [0.1, 0.15) is 5.69 Å². The molecule has 0 bridgehead atoms. The lowest BCUT2D eigenvalue weighted by molar-refractivity contribution is -0.120. The van der Waals surface area contributed by atoms with Crippen LogP contribution in [0.4, 0.5) is 5.69 Å². The number of fused-ring (bicyclic) bond motifs is 1. The number of carbonyl (C=O) groups is 1. The first-order chi connectivity index (χ1) is 17.8. The highest BCUT2D eigenvalue weighted by atomic mass is 32.2. The van der Waals surface area contributed by atoms with Gasteiger partial charge in [0.2, 0.25) is 15.9 Å². The number of hydrogen-bond donors (Lipinski definition) is 1. The molecule has 1 saturated heterocycles. The lowest BCUT2D eigenvalue weighted by atomic mass is 9.90. The molecule has 0 atom stereocenters. The molecule has 0 radical (unpaired) electrons. The van der Waals surface area contributed by atoms with Crippen molar-refractivity contribution >= 4 is 33.8 Å². The Hall–Kier alpha value is -3.23. The normalized spacial score (nSPS) is 17.1. The number of sulfonamides is 1. The molecule has 7 nitrogen and oxygen atoms in total. The summed E-state index contributed by atoms with van der Waals surface area (Å²) in [6.07, 6.45) is 8.78. The second kappa shape index (κ2) is 10.6. The van der Waals surface area contributed by atoms with Crippen LogP contribution in [0.2, 0.25) is 0 Å². The van der Waals surface area contributed by atoms with Gasteiger partial charge in [-0.2, -0.15) is 4.31 Å². The number of hydrogen-bond acceptors (Lipinski definition) is 5. The number of aryl methyl sites for hydroxylation is 3. The van der Waals surface area contributed by atoms with E-state index in [2.05, 4.69) is 16.5 Å². The van der Waals surface area contributed by atoms with Crippen molar-refractivity contribution in [2.24, 2.45) is 5.92 Å². The van der Waals surface area contributed by atoms with Crippen LogP contribution in [0.5, 0.6) is 0 Å². The summed E-state index contributed by atoms with van der Waals surface area (Å²) in [5, 5.41) is 7.07. The molecule has 1 N–H and O–H groups in total. The molecule has 2 aliphatic rings. The maximum absolute atomic E-state index is 13.6. The minimum absolute atomic E-state index is 0.0288. The van der Waals surface area contributed by atoms with Gasteiger partial charge in [-0.05, 0) is 81.2 Å². The van der Waals surface area contributed by atoms with E-state index in [1.165, 1.54) is 21.9 Å². The van der Waals surface area contributed by atoms with Gasteiger partial charge in [0, 0.05) is 24.7 Å². The molecule has 1 fully saturated rings. The maximum Gasteiger partial charge on any atom is 0.248 e. The zero-order valence-electron chi connectivity index (χ0n) is 21.4. The molecule has 1 aromatic heterocycles. The average molecular weight is 520 g/mol. The quantitative estimate of drug-likeness (QED) is 0.472. The molecule has 3 aromatic rings. The Labute approximate surface area is 218 Å². The first-order valence-electron chi connectivity index (χ1n) is 13.0. The Kier molecular flexibility index (Phi) is 7.31. The number of carbonyl (C=O) groups excluding carboxylic acids is 1. The highest BCUT2D eigenvalue weighted by Crippen LogP contribution is 2.31. The fourth-order valence-corrected chi connectivity index (χ4v) is 6.99. The molecule has 0 saturated carbocycles. The van der Waals surface area contributed by atoms with Crippen molar-refractivity contribution < 1.29 is 17.7 Å². The summed E-state index contributed by atoms with van der Waals surface area (Å²) in [6, 6.07) is 14.0. The van der Waals surface area contributed by atoms with Gasteiger partial charge in [-0.3, -0.25) is 4.79 Å². The molecule has 0 spiro atoms. The van der Waals surface area contributed by atoms with Crippen LogP contribution in [0, 0.1) is 19.8 Å². The second-order valence-corrected chi connectivity index (χ2v) is 11.9. The van der Waals surface area contributed by atoms with Crippen molar-refractivity contribution in [3.05, 3.63) is 76.2 Å². The van der Waals surface area contributed by atoms with Crippen LogP contribution in [0.25, 0.3) is 12.2 Å². The summed E-state index contributed by atoms with van der Waals surface area (Å²) in [6.45, 7) is 4.21. The summed E-state index contributed by atoms with van der Waals surface area (Å²) < 4.78 is 34.0. The minimum Gasteiger partial charge on any atom is -0.355 e. The van der Waals surface area contributed by atoms with Crippen molar-refractivity contribution in [1.82, 2.24) is 9.46 Å². The first kappa shape index (κ1) is 25.4. The number of nitrogens with zero attached hydrogens (tertiary/aromatic N) is 2. The highest BCUT2D eigenvalue weighted by molar-refractivity contribution is 7.89. The maximum atomic E-state index is 13.6. The number of amides is 1. The summed E-state index contributed by atoms with van der Waals surface area (Å²) in [4.78, 5) is 13.2. The van der Waals surface area contributed by atoms with Crippen molar-refractivity contribution in [1.29, 1.82) is 0 Å². The monoisotopic (exact) mass is 519 g/mol. The second-order valence-electron chi connectivity index (χ2n) is 10.0. The van der Waals surface area contributed by atoms with Crippen LogP contribution in [0.1, 0.15) is 59.4 Å². The molecule has 5 rings (SSSR count). The van der Waals surface area contributed by atoms with E-state index in [0.717, 1.165) is 36.1 Å². The molecule has 37 heavy (non-hydrogen) atoms. The van der Waals surface area contributed by atoms with Gasteiger partial charge in [-0.1, -0.05) is 53.2 Å². The Morgan fingerprint density at radius 2 is 1.76 bits per heavy atom. The third-order valence-electron chi connectivity index (χ3n) is 7.41. The molecule has 2 aromatic carbocycles. The topological polar surface area (TPSA) is 92.5 Å². The van der Waals surface area contributed by atoms with E-state index >= 15 is 0 Å². The standard InChI is InChI=1S/C29H33N3O4S/c1-20-10-12-22(13-11-20)14-15-27-28(21(2)31-36-27)37(34,35)32-18-16-24(17-19-32)29(33)30-26-9-5-7-23-6-3-4-8-25(23)26/h5,7,9-15,24H,3-4,6,8,16-19H2,1-2H3,(H,30,33). The fraction of sp³-hybridized carbons (Fsp3) is 0.379. The summed E-state index contributed by atoms with van der Waals surface area (Å²) in [5.41, 5.74) is 5.89. The molecular weight excluding hydrogens is 486 g/mol. The van der Waals surface area contributed by atoms with Crippen molar-refractivity contribution in [2.75, 3.05) is 18.4 Å². The molecule has 2 heterocycles. The van der Waals surface area contributed by atoms with E-state index in [1.807, 2.05) is 49.4 Å². The largest absolute Gasteiger partial charge is 0.355 e. The Morgan fingerprint density at radius 3 is 2.51 bits per heavy atom. The predicted molar refractivity (Wildman–Crippen MR) is 145 cm³/mol. The Bertz CT molecular complexity index is 1420. The van der Waals surface area contributed by atoms with Crippen molar-refractivity contribution in [2.45, 2.75) is 57.3 Å². The van der Waals surface area contributed by atoms with Gasteiger partial charge in [-0.15, -0.1) is 0 Å². The molecule has 1 amide bonds. The lowest BCUT2D eigenvalue weighted by Gasteiger charge is -2.30. The smallest absolute Gasteiger partial charge is 0.248 e. The first-order valence-corrected chi connectivity index (χ1v) is 14.4. The van der Waals surface area contributed by atoms with Crippen LogP contribution in [-0.2, 0) is 27.7 Å². The van der Waals surface area contributed by atoms with E-state index in [0.29, 0.717) is 18.5 Å². The SMILES string of the molecule is Cc1ccc(C=Cc2onc(C)c2S(=O)(=O)N2CCC(C(=O)Nc3cccc4c3CCCC4)CC2)cc1. The summed E-state index contributed by atoms with van der Waals surface area (Å²) in [5.74, 6) is -0.0407. The van der Waals surface area contributed by atoms with Crippen LogP contribution >= 0.6 is 0 Å². The van der Waals surface area contributed by atoms with Crippen molar-refractivity contribution in [3.8, 4) is 0 Å². The van der Waals surface area contributed by atoms with Crippen LogP contribution in [0.3, 0.4) is 0 Å². The Morgan fingerprint density at radius 1 is 1.03 bits per heavy atom. The number of aromatic nitrogens is 1. The van der Waals surface area contributed by atoms with Gasteiger partial charge in [-0.25, -0.2) is 8.42 Å². The molecule has 1 aliphatic heterocycles. The van der Waals surface area contributed by atoms with E-state index in [9.17, 15) is 13.2 Å². The zero-order chi connectivity index (χ0) is 26.0. The molecule has 8 heteroatoms. The number of benzene rings is 2. The third-order valence-corrected chi connectivity index (χ3v) is 9.47. The summed E-state index contributed by atoms with van der Waals surface area (Å²) >= 11 is 0. The fourth-order valence-electron chi connectivity index (χ4n) is 5.27. The van der Waals surface area contributed by atoms with Crippen LogP contribution in [0.15, 0.2) is 51.9 Å². The summed E-state index contributed by atoms with van der Waals surface area (Å²) in [7, 11) is -3.82. The molecule has 194 valence electrons. The van der Waals surface area contributed by atoms with Gasteiger partial charge >= 0.3 is 0 Å². The minimum atomic E-state index is -3.82. The number of rotatable bonds is 6. The van der Waals surface area contributed by atoms with Gasteiger partial charge in [0.15, 0.2) is 10.7 Å². The number of piperidine rings is 1. The van der Waals surface area contributed by atoms with Crippen LogP contribution in [-0.4, -0.2) is 36.9 Å². The van der Waals surface area contributed by atoms with E-state index in [1.54, 1.807) is 13.0 Å². The molecule has 0 unspecified atom stereocenters. The highest BCUT2D eigenvalue weighted by Gasteiger charge is 2.36. The lowest BCUT2D eigenvalue weighted by Crippen LogP contribution is -2.41. The molecular formula is C29H33N3O4S. The predicted octanol–water partition coefficient (Wildman–Crippen LogP) is 5.38. The van der Waals surface area contributed by atoms with Crippen LogP contribution < -0.4 is 5.32 Å².